The third kappa shape index (κ3) is 53.4. The first-order valence-electron chi connectivity index (χ1n) is 30.2. The molecule has 0 aromatic rings. The molecule has 0 aliphatic heterocycles. The summed E-state index contributed by atoms with van der Waals surface area (Å²) in [6.45, 7) is 4.91. The van der Waals surface area contributed by atoms with E-state index in [1.165, 1.54) is 238 Å². The molecule has 0 saturated heterocycles. The van der Waals surface area contributed by atoms with E-state index in [4.69, 9.17) is 4.74 Å². The fourth-order valence-electron chi connectivity index (χ4n) is 9.25. The van der Waals surface area contributed by atoms with Crippen LogP contribution in [-0.4, -0.2) is 47.4 Å². The first-order chi connectivity index (χ1) is 33.5. The Morgan fingerprint density at radius 3 is 1.16 bits per heavy atom. The van der Waals surface area contributed by atoms with Gasteiger partial charge in [0, 0.05) is 12.8 Å². The molecule has 0 aromatic carbocycles. The lowest BCUT2D eigenvalue weighted by molar-refractivity contribution is -0.143. The van der Waals surface area contributed by atoms with Crippen LogP contribution in [0.3, 0.4) is 0 Å². The first kappa shape index (κ1) is 66.1. The summed E-state index contributed by atoms with van der Waals surface area (Å²) in [5.41, 5.74) is 0. The van der Waals surface area contributed by atoms with Crippen LogP contribution >= 0.6 is 0 Å². The van der Waals surface area contributed by atoms with Crippen LogP contribution in [0.15, 0.2) is 36.5 Å². The predicted octanol–water partition coefficient (Wildman–Crippen LogP) is 18.8. The lowest BCUT2D eigenvalue weighted by atomic mass is 10.0. The van der Waals surface area contributed by atoms with Crippen molar-refractivity contribution in [2.75, 3.05) is 13.2 Å². The molecule has 0 saturated carbocycles. The van der Waals surface area contributed by atoms with Crippen LogP contribution in [0.5, 0.6) is 0 Å². The molecule has 2 atom stereocenters. The highest BCUT2D eigenvalue weighted by Crippen LogP contribution is 2.17. The number of rotatable bonds is 56. The fourth-order valence-corrected chi connectivity index (χ4v) is 9.25. The minimum atomic E-state index is -0.664. The fraction of sp³-hybridized carbons (Fsp3) is 0.871. The molecule has 400 valence electrons. The molecule has 2 unspecified atom stereocenters. The van der Waals surface area contributed by atoms with Gasteiger partial charge in [0.1, 0.15) is 0 Å². The highest BCUT2D eigenvalue weighted by molar-refractivity contribution is 5.76. The standard InChI is InChI=1S/C62H117NO5/c1-3-5-7-9-11-13-15-16-29-33-36-40-44-48-52-56-62(67)68-57-53-49-45-41-37-34-31-28-26-24-22-20-18-17-19-21-23-25-27-30-32-35-39-43-47-51-55-61(66)63-59(58-64)60(65)54-50-46-42-38-14-12-10-8-6-4-2/h11,13,16-17,19,29,59-60,64-65H,3-10,12,14-15,18,20-28,30-58H2,1-2H3,(H,63,66)/b13-11-,19-17-,29-16-. The maximum atomic E-state index is 12.4. The van der Waals surface area contributed by atoms with E-state index in [0.29, 0.717) is 25.9 Å². The van der Waals surface area contributed by atoms with Crippen LogP contribution in [0.25, 0.3) is 0 Å². The van der Waals surface area contributed by atoms with Crippen LogP contribution < -0.4 is 5.32 Å². The molecule has 0 aliphatic carbocycles. The Bertz CT molecular complexity index is 1100. The maximum absolute atomic E-state index is 12.4. The number of carbonyl (C=O) groups is 2. The third-order valence-electron chi connectivity index (χ3n) is 13.9. The minimum absolute atomic E-state index is 0.0000722. The summed E-state index contributed by atoms with van der Waals surface area (Å²) >= 11 is 0. The summed E-state index contributed by atoms with van der Waals surface area (Å²) in [6, 6.07) is -0.541. The average Bonchev–Trinajstić information content (AvgIpc) is 3.34. The molecule has 0 bridgehead atoms. The Morgan fingerprint density at radius 1 is 0.412 bits per heavy atom. The number of aliphatic hydroxyl groups is 2. The van der Waals surface area contributed by atoms with Gasteiger partial charge in [0.25, 0.3) is 0 Å². The van der Waals surface area contributed by atoms with Crippen LogP contribution in [0.1, 0.15) is 322 Å². The van der Waals surface area contributed by atoms with Gasteiger partial charge in [0.2, 0.25) is 5.91 Å². The second-order valence-electron chi connectivity index (χ2n) is 20.7. The number of amides is 1. The number of aliphatic hydroxyl groups excluding tert-OH is 2. The molecule has 0 radical (unpaired) electrons. The Kier molecular flexibility index (Phi) is 56.0. The van der Waals surface area contributed by atoms with Crippen LogP contribution in [0.4, 0.5) is 0 Å². The Labute approximate surface area is 424 Å². The van der Waals surface area contributed by atoms with Gasteiger partial charge in [-0.2, -0.15) is 0 Å². The van der Waals surface area contributed by atoms with E-state index in [9.17, 15) is 19.8 Å². The van der Waals surface area contributed by atoms with Crippen molar-refractivity contribution < 1.29 is 24.5 Å². The molecule has 0 spiro atoms. The summed E-state index contributed by atoms with van der Waals surface area (Å²) in [5.74, 6) is -0.0382. The van der Waals surface area contributed by atoms with Crippen molar-refractivity contribution in [3.05, 3.63) is 36.5 Å². The minimum Gasteiger partial charge on any atom is -0.466 e. The molecule has 0 aromatic heterocycles. The van der Waals surface area contributed by atoms with E-state index >= 15 is 0 Å². The SMILES string of the molecule is CCCCC/C=C\C/C=C\CCCCCCCC(=O)OCCCCCCCCCCCCCC/C=C\CCCCCCCCCCCCC(=O)NC(CO)C(O)CCCCCCCCCCCC. The van der Waals surface area contributed by atoms with Crippen molar-refractivity contribution in [1.29, 1.82) is 0 Å². The van der Waals surface area contributed by atoms with E-state index in [2.05, 4.69) is 55.6 Å². The number of carbonyl (C=O) groups excluding carboxylic acids is 2. The number of ether oxygens (including phenoxy) is 1. The molecule has 0 aliphatic rings. The summed E-state index contributed by atoms with van der Waals surface area (Å²) in [5, 5.41) is 23.1. The highest BCUT2D eigenvalue weighted by Gasteiger charge is 2.20. The molecular formula is C62H117NO5. The molecule has 6 heteroatoms. The summed E-state index contributed by atoms with van der Waals surface area (Å²) in [4.78, 5) is 24.5. The van der Waals surface area contributed by atoms with E-state index in [0.717, 1.165) is 51.4 Å². The third-order valence-corrected chi connectivity index (χ3v) is 13.9. The van der Waals surface area contributed by atoms with Crippen LogP contribution in [0.2, 0.25) is 0 Å². The van der Waals surface area contributed by atoms with Gasteiger partial charge in [-0.1, -0.05) is 262 Å². The summed E-state index contributed by atoms with van der Waals surface area (Å²) in [6.07, 6.45) is 71.6. The second-order valence-corrected chi connectivity index (χ2v) is 20.7. The molecule has 6 nitrogen and oxygen atoms in total. The van der Waals surface area contributed by atoms with E-state index < -0.39 is 12.1 Å². The second kappa shape index (κ2) is 57.7. The van der Waals surface area contributed by atoms with Crippen molar-refractivity contribution in [1.82, 2.24) is 5.32 Å². The van der Waals surface area contributed by atoms with E-state index in [1.807, 2.05) is 0 Å². The van der Waals surface area contributed by atoms with Crippen LogP contribution in [-0.2, 0) is 14.3 Å². The van der Waals surface area contributed by atoms with Crippen molar-refractivity contribution >= 4 is 11.9 Å². The number of esters is 1. The van der Waals surface area contributed by atoms with E-state index in [-0.39, 0.29) is 18.5 Å². The van der Waals surface area contributed by atoms with Gasteiger partial charge < -0.3 is 20.3 Å². The van der Waals surface area contributed by atoms with Gasteiger partial charge >= 0.3 is 5.97 Å². The van der Waals surface area contributed by atoms with Crippen molar-refractivity contribution in [3.63, 3.8) is 0 Å². The van der Waals surface area contributed by atoms with Crippen LogP contribution in [0, 0.1) is 0 Å². The summed E-state index contributed by atoms with van der Waals surface area (Å²) in [7, 11) is 0. The lowest BCUT2D eigenvalue weighted by Crippen LogP contribution is -2.45. The molecule has 0 rings (SSSR count). The van der Waals surface area contributed by atoms with Crippen molar-refractivity contribution in [2.45, 2.75) is 334 Å². The van der Waals surface area contributed by atoms with Crippen molar-refractivity contribution in [3.8, 4) is 0 Å². The highest BCUT2D eigenvalue weighted by atomic mass is 16.5. The number of hydrogen-bond donors (Lipinski definition) is 3. The maximum Gasteiger partial charge on any atom is 0.305 e. The van der Waals surface area contributed by atoms with Gasteiger partial charge in [0.15, 0.2) is 0 Å². The molecule has 0 heterocycles. The molecule has 0 fully saturated rings. The van der Waals surface area contributed by atoms with E-state index in [1.54, 1.807) is 0 Å². The van der Waals surface area contributed by atoms with Gasteiger partial charge in [-0.15, -0.1) is 0 Å². The molecule has 3 N–H and O–H groups in total. The Balaban J connectivity index is 3.37. The molecule has 68 heavy (non-hydrogen) atoms. The molecular weight excluding hydrogens is 839 g/mol. The van der Waals surface area contributed by atoms with Gasteiger partial charge in [-0.3, -0.25) is 9.59 Å². The van der Waals surface area contributed by atoms with Gasteiger partial charge in [-0.05, 0) is 83.5 Å². The molecule has 1 amide bonds. The number of nitrogens with one attached hydrogen (secondary N) is 1. The Hall–Kier alpha value is -1.92. The zero-order valence-corrected chi connectivity index (χ0v) is 45.6. The van der Waals surface area contributed by atoms with Crippen molar-refractivity contribution in [2.24, 2.45) is 0 Å². The number of hydrogen-bond acceptors (Lipinski definition) is 5. The quantitative estimate of drug-likeness (QED) is 0.0321. The number of unbranched alkanes of at least 4 members (excludes halogenated alkanes) is 39. The van der Waals surface area contributed by atoms with Gasteiger partial charge in [-0.25, -0.2) is 0 Å². The lowest BCUT2D eigenvalue weighted by Gasteiger charge is -2.22. The first-order valence-corrected chi connectivity index (χ1v) is 30.2. The summed E-state index contributed by atoms with van der Waals surface area (Å²) < 4.78 is 5.48. The van der Waals surface area contributed by atoms with Gasteiger partial charge in [0.05, 0.1) is 25.4 Å². The number of allylic oxidation sites excluding steroid dienone is 6. The Morgan fingerprint density at radius 2 is 0.735 bits per heavy atom. The smallest absolute Gasteiger partial charge is 0.305 e. The topological polar surface area (TPSA) is 95.9 Å². The zero-order chi connectivity index (χ0) is 49.3. The largest absolute Gasteiger partial charge is 0.466 e. The predicted molar refractivity (Wildman–Crippen MR) is 296 cm³/mol. The monoisotopic (exact) mass is 956 g/mol. The average molecular weight is 957 g/mol. The zero-order valence-electron chi connectivity index (χ0n) is 45.6. The normalized spacial score (nSPS) is 12.8.